The number of aromatic amines is 1. The quantitative estimate of drug-likeness (QED) is 0.833. The normalized spacial score (nSPS) is 21.8. The van der Waals surface area contributed by atoms with Crippen LogP contribution in [0.15, 0.2) is 12.3 Å². The van der Waals surface area contributed by atoms with Crippen LogP contribution in [0, 0.1) is 0 Å². The topological polar surface area (TPSA) is 34.2 Å². The van der Waals surface area contributed by atoms with Gasteiger partial charge >= 0.3 is 0 Å². The summed E-state index contributed by atoms with van der Waals surface area (Å²) in [6.45, 7) is 2.04. The third-order valence-electron chi connectivity index (χ3n) is 4.30. The first-order valence-electron chi connectivity index (χ1n) is 6.97. The molecule has 1 aromatic rings. The number of fused-ring (bicyclic) bond motifs is 2. The van der Waals surface area contributed by atoms with Gasteiger partial charge in [-0.05, 0) is 37.8 Å². The average molecular weight is 251 g/mol. The maximum Gasteiger partial charge on any atom is 0.171 e. The van der Waals surface area contributed by atoms with E-state index in [-0.39, 0.29) is 0 Å². The standard InChI is InChI=1S/C15H25NO2/c1-15(17-2,18-3)14-9-7-5-4-6-8-13-10-12(14)11-16-13/h10-11,14,16H,4-9H2,1-3H3. The lowest BCUT2D eigenvalue weighted by molar-refractivity contribution is -0.210. The van der Waals surface area contributed by atoms with Crippen LogP contribution in [0.4, 0.5) is 0 Å². The number of aromatic nitrogens is 1. The second-order valence-electron chi connectivity index (χ2n) is 5.39. The summed E-state index contributed by atoms with van der Waals surface area (Å²) in [5.74, 6) is -0.228. The number of aryl methyl sites for hydroxylation is 1. The third-order valence-corrected chi connectivity index (χ3v) is 4.30. The number of ether oxygens (including phenoxy) is 2. The number of H-pyrrole nitrogens is 1. The van der Waals surface area contributed by atoms with E-state index in [1.54, 1.807) is 14.2 Å². The largest absolute Gasteiger partial charge is 0.365 e. The molecular formula is C15H25NO2. The van der Waals surface area contributed by atoms with E-state index in [4.69, 9.17) is 9.47 Å². The zero-order chi connectivity index (χ0) is 13.0. The van der Waals surface area contributed by atoms with Crippen LogP contribution in [0.25, 0.3) is 0 Å². The fourth-order valence-corrected chi connectivity index (χ4v) is 2.92. The van der Waals surface area contributed by atoms with Crippen LogP contribution in [0.1, 0.15) is 56.2 Å². The molecule has 1 aliphatic rings. The lowest BCUT2D eigenvalue weighted by atomic mass is 9.86. The summed E-state index contributed by atoms with van der Waals surface area (Å²) in [6, 6.07) is 2.28. The SMILES string of the molecule is COC(C)(OC)C1CCCCCCc2cc1c[nH]2. The van der Waals surface area contributed by atoms with Crippen molar-refractivity contribution in [2.75, 3.05) is 14.2 Å². The minimum atomic E-state index is -0.529. The summed E-state index contributed by atoms with van der Waals surface area (Å²) in [5, 5.41) is 0. The monoisotopic (exact) mass is 251 g/mol. The lowest BCUT2D eigenvalue weighted by Crippen LogP contribution is -2.37. The highest BCUT2D eigenvalue weighted by molar-refractivity contribution is 5.23. The maximum atomic E-state index is 5.63. The zero-order valence-corrected chi connectivity index (χ0v) is 11.8. The minimum Gasteiger partial charge on any atom is -0.365 e. The van der Waals surface area contributed by atoms with Gasteiger partial charge in [-0.2, -0.15) is 0 Å². The van der Waals surface area contributed by atoms with Gasteiger partial charge < -0.3 is 14.5 Å². The first-order valence-corrected chi connectivity index (χ1v) is 6.97. The van der Waals surface area contributed by atoms with E-state index in [0.717, 1.165) is 12.8 Å². The molecule has 2 rings (SSSR count). The Balaban J connectivity index is 2.27. The molecule has 1 heterocycles. The van der Waals surface area contributed by atoms with Gasteiger partial charge in [0, 0.05) is 32.0 Å². The van der Waals surface area contributed by atoms with Crippen molar-refractivity contribution in [3.8, 4) is 0 Å². The first kappa shape index (κ1) is 13.6. The average Bonchev–Trinajstić information content (AvgIpc) is 2.84. The highest BCUT2D eigenvalue weighted by atomic mass is 16.7. The van der Waals surface area contributed by atoms with E-state index in [2.05, 4.69) is 17.2 Å². The van der Waals surface area contributed by atoms with Gasteiger partial charge in [-0.1, -0.05) is 19.3 Å². The van der Waals surface area contributed by atoms with E-state index in [9.17, 15) is 0 Å². The summed E-state index contributed by atoms with van der Waals surface area (Å²) < 4.78 is 11.3. The summed E-state index contributed by atoms with van der Waals surface area (Å²) >= 11 is 0. The molecule has 1 aliphatic carbocycles. The predicted octanol–water partition coefficient (Wildman–Crippen LogP) is 3.61. The Morgan fingerprint density at radius 1 is 1.17 bits per heavy atom. The van der Waals surface area contributed by atoms with Crippen LogP contribution in [0.2, 0.25) is 0 Å². The highest BCUT2D eigenvalue weighted by Crippen LogP contribution is 2.37. The van der Waals surface area contributed by atoms with E-state index < -0.39 is 5.79 Å². The number of nitrogens with one attached hydrogen (secondary N) is 1. The molecule has 1 unspecified atom stereocenters. The Labute approximate surface area is 110 Å². The number of hydrogen-bond donors (Lipinski definition) is 1. The van der Waals surface area contributed by atoms with Gasteiger partial charge in [0.1, 0.15) is 0 Å². The number of methoxy groups -OCH3 is 2. The molecule has 3 heteroatoms. The van der Waals surface area contributed by atoms with Crippen molar-refractivity contribution in [2.45, 2.75) is 57.2 Å². The van der Waals surface area contributed by atoms with E-state index in [1.807, 2.05) is 6.92 Å². The van der Waals surface area contributed by atoms with Gasteiger partial charge in [-0.3, -0.25) is 0 Å². The Bertz CT molecular complexity index is 368. The molecule has 2 bridgehead atoms. The van der Waals surface area contributed by atoms with Gasteiger partial charge in [0.25, 0.3) is 0 Å². The fraction of sp³-hybridized carbons (Fsp3) is 0.733. The molecule has 3 nitrogen and oxygen atoms in total. The highest BCUT2D eigenvalue weighted by Gasteiger charge is 2.35. The van der Waals surface area contributed by atoms with Crippen LogP contribution in [0.3, 0.4) is 0 Å². The molecule has 0 saturated heterocycles. The predicted molar refractivity (Wildman–Crippen MR) is 72.7 cm³/mol. The van der Waals surface area contributed by atoms with Gasteiger partial charge in [0.15, 0.2) is 5.79 Å². The fourth-order valence-electron chi connectivity index (χ4n) is 2.92. The minimum absolute atomic E-state index is 0.301. The molecule has 0 spiro atoms. The van der Waals surface area contributed by atoms with E-state index in [0.29, 0.717) is 5.92 Å². The van der Waals surface area contributed by atoms with Crippen molar-refractivity contribution in [1.82, 2.24) is 4.98 Å². The molecule has 0 amide bonds. The van der Waals surface area contributed by atoms with Crippen LogP contribution in [-0.4, -0.2) is 25.0 Å². The van der Waals surface area contributed by atoms with Crippen molar-refractivity contribution in [3.63, 3.8) is 0 Å². The molecule has 0 saturated carbocycles. The Morgan fingerprint density at radius 3 is 2.61 bits per heavy atom. The van der Waals surface area contributed by atoms with Crippen LogP contribution >= 0.6 is 0 Å². The van der Waals surface area contributed by atoms with E-state index in [1.165, 1.54) is 36.9 Å². The second kappa shape index (κ2) is 5.89. The summed E-state index contributed by atoms with van der Waals surface area (Å²) in [7, 11) is 3.46. The van der Waals surface area contributed by atoms with Crippen LogP contribution in [0.5, 0.6) is 0 Å². The summed E-state index contributed by atoms with van der Waals surface area (Å²) in [5.41, 5.74) is 2.66. The first-order chi connectivity index (χ1) is 8.69. The molecule has 0 aromatic carbocycles. The molecule has 18 heavy (non-hydrogen) atoms. The van der Waals surface area contributed by atoms with E-state index >= 15 is 0 Å². The molecule has 0 fully saturated rings. The third kappa shape index (κ3) is 2.78. The van der Waals surface area contributed by atoms with Gasteiger partial charge in [-0.15, -0.1) is 0 Å². The van der Waals surface area contributed by atoms with Crippen LogP contribution < -0.4 is 0 Å². The van der Waals surface area contributed by atoms with Gasteiger partial charge in [0.2, 0.25) is 0 Å². The second-order valence-corrected chi connectivity index (χ2v) is 5.39. The molecular weight excluding hydrogens is 226 g/mol. The Morgan fingerprint density at radius 2 is 1.89 bits per heavy atom. The molecule has 0 radical (unpaired) electrons. The van der Waals surface area contributed by atoms with Crippen molar-refractivity contribution < 1.29 is 9.47 Å². The molecule has 1 aromatic heterocycles. The summed E-state index contributed by atoms with van der Waals surface area (Å²) in [4.78, 5) is 3.39. The molecule has 1 N–H and O–H groups in total. The number of rotatable bonds is 3. The Kier molecular flexibility index (Phi) is 4.46. The lowest BCUT2D eigenvalue weighted by Gasteiger charge is -2.35. The zero-order valence-electron chi connectivity index (χ0n) is 11.8. The maximum absolute atomic E-state index is 5.63. The van der Waals surface area contributed by atoms with Gasteiger partial charge in [0.05, 0.1) is 0 Å². The summed E-state index contributed by atoms with van der Waals surface area (Å²) in [6.07, 6.45) is 9.56. The van der Waals surface area contributed by atoms with Crippen molar-refractivity contribution >= 4 is 0 Å². The van der Waals surface area contributed by atoms with Crippen molar-refractivity contribution in [3.05, 3.63) is 23.5 Å². The Hall–Kier alpha value is -0.800. The molecule has 1 atom stereocenters. The van der Waals surface area contributed by atoms with Gasteiger partial charge in [-0.25, -0.2) is 0 Å². The molecule has 102 valence electrons. The van der Waals surface area contributed by atoms with Crippen molar-refractivity contribution in [1.29, 1.82) is 0 Å². The smallest absolute Gasteiger partial charge is 0.171 e. The molecule has 0 aliphatic heterocycles. The number of hydrogen-bond acceptors (Lipinski definition) is 2. The van der Waals surface area contributed by atoms with Crippen LogP contribution in [-0.2, 0) is 15.9 Å². The van der Waals surface area contributed by atoms with Crippen molar-refractivity contribution in [2.24, 2.45) is 0 Å².